The van der Waals surface area contributed by atoms with Crippen LogP contribution in [0.25, 0.3) is 0 Å². The molecule has 233 valence electrons. The summed E-state index contributed by atoms with van der Waals surface area (Å²) in [5, 5.41) is 0. The second kappa shape index (κ2) is 19.8. The standard InChI is InChI=1S/C4H13O20Si21/c1-26(2)24-45(3,4)44(23)43(22)42(21)41(20)40(19)39(18)38(17)37(16)36(15)35(14)34(13)33(12)32(11)31(10)30(9)29(8)28(7)27(6)25-5/h26H,1-4H3. The van der Waals surface area contributed by atoms with Crippen molar-refractivity contribution in [3.8, 4) is 0 Å². The Kier molecular flexibility index (Phi) is 20.1. The van der Waals surface area contributed by atoms with Gasteiger partial charge in [0.15, 0.2) is 9.04 Å². The average Bonchev–Trinajstić information content (AvgIpc) is 3.00. The molecule has 0 aromatic carbocycles. The van der Waals surface area contributed by atoms with Crippen LogP contribution in [0.3, 0.4) is 0 Å². The van der Waals surface area contributed by atoms with Crippen LogP contribution in [0.5, 0.6) is 0 Å². The summed E-state index contributed by atoms with van der Waals surface area (Å²) in [7, 11) is -80.2. The Hall–Kier alpha value is 0.715. The highest BCUT2D eigenvalue weighted by molar-refractivity contribution is 7.82. The molecule has 0 aromatic rings. The minimum atomic E-state index is -4.38. The molecule has 0 saturated carbocycles. The molecule has 0 fully saturated rings. The van der Waals surface area contributed by atoms with Crippen LogP contribution in [0.1, 0.15) is 0 Å². The molecule has 0 aromatic heterocycles. The summed E-state index contributed by atoms with van der Waals surface area (Å²) in [6.07, 6.45) is 0. The maximum absolute atomic E-state index is 12.7. The highest BCUT2D eigenvalue weighted by Gasteiger charge is 2.56. The third kappa shape index (κ3) is 12.2. The van der Waals surface area contributed by atoms with E-state index in [9.17, 15) is 84.8 Å². The van der Waals surface area contributed by atoms with E-state index in [4.69, 9.17) is 4.12 Å². The number of hydrogen-bond acceptors (Lipinski definition) is 20. The van der Waals surface area contributed by atoms with E-state index in [0.717, 1.165) is 0 Å². The first-order valence-corrected chi connectivity index (χ1v) is 62.2. The van der Waals surface area contributed by atoms with E-state index in [0.29, 0.717) is 0 Å². The largest absolute Gasteiger partial charge is 0.456 e. The quantitative estimate of drug-likeness (QED) is 0.0964. The third-order valence-electron chi connectivity index (χ3n) is 4.68. The molecule has 0 amide bonds. The van der Waals surface area contributed by atoms with Crippen LogP contribution in [-0.2, 0) is 88.9 Å². The zero-order chi connectivity index (χ0) is 35.9. The molecule has 0 aliphatic rings. The lowest BCUT2D eigenvalue weighted by atomic mass is 11.9. The van der Waals surface area contributed by atoms with Gasteiger partial charge in [-0.15, -0.1) is 0 Å². The van der Waals surface area contributed by atoms with E-state index < -0.39 is 165 Å². The topological polar surface area (TPSA) is 334 Å². The Morgan fingerprint density at radius 2 is 0.600 bits per heavy atom. The molecule has 1 radical (unpaired) electrons. The molecule has 0 saturated heterocycles. The van der Waals surface area contributed by atoms with Crippen molar-refractivity contribution in [1.29, 1.82) is 0 Å². The van der Waals surface area contributed by atoms with Crippen molar-refractivity contribution in [1.82, 2.24) is 0 Å². The fraction of sp³-hybridized carbons (Fsp3) is 1.00. The molecule has 0 unspecified atom stereocenters. The monoisotopic (exact) mass is 969 g/mol. The molecule has 0 spiro atoms. The molecule has 0 aliphatic carbocycles. The van der Waals surface area contributed by atoms with Crippen LogP contribution in [-0.4, -0.2) is 165 Å². The summed E-state index contributed by atoms with van der Waals surface area (Å²) in [5.41, 5.74) is 0. The predicted octanol–water partition coefficient (Wildman–Crippen LogP) is -8.25. The van der Waals surface area contributed by atoms with Crippen molar-refractivity contribution in [2.75, 3.05) is 0 Å². The van der Waals surface area contributed by atoms with Gasteiger partial charge in [0.1, 0.15) is 0 Å². The highest BCUT2D eigenvalue weighted by atomic mass is 30.1. The first-order chi connectivity index (χ1) is 20.4. The van der Waals surface area contributed by atoms with E-state index in [2.05, 4.69) is 0 Å². The van der Waals surface area contributed by atoms with Crippen LogP contribution in [0.15, 0.2) is 0 Å². The Morgan fingerprint density at radius 1 is 0.400 bits per heavy atom. The van der Waals surface area contributed by atoms with E-state index in [1.807, 2.05) is 0 Å². The molecule has 0 heterocycles. The van der Waals surface area contributed by atoms with Crippen LogP contribution in [0.4, 0.5) is 0 Å². The summed E-state index contributed by atoms with van der Waals surface area (Å²) in [4.78, 5) is 0. The fourth-order valence-corrected chi connectivity index (χ4v) is 225. The lowest BCUT2D eigenvalue weighted by molar-refractivity contribution is 0.532. The zero-order valence-electron chi connectivity index (χ0n) is 22.7. The van der Waals surface area contributed by atoms with Crippen molar-refractivity contribution in [2.45, 2.75) is 26.2 Å². The first-order valence-electron chi connectivity index (χ1n) is 11.2. The Morgan fingerprint density at radius 3 is 0.800 bits per heavy atom. The lowest BCUT2D eigenvalue weighted by Gasteiger charge is -2.21. The van der Waals surface area contributed by atoms with Gasteiger partial charge in [-0.3, -0.25) is 0 Å². The molecule has 45 heavy (non-hydrogen) atoms. The average molecular weight is 971 g/mol. The van der Waals surface area contributed by atoms with Gasteiger partial charge in [0.25, 0.3) is 0 Å². The van der Waals surface area contributed by atoms with Crippen LogP contribution >= 0.6 is 0 Å². The van der Waals surface area contributed by atoms with Gasteiger partial charge >= 0.3 is 148 Å². The fourth-order valence-electron chi connectivity index (χ4n) is 2.61. The number of rotatable bonds is 21. The van der Waals surface area contributed by atoms with Gasteiger partial charge in [0.2, 0.25) is 7.83 Å². The smallest absolute Gasteiger partial charge is 0.381 e. The second-order valence-corrected chi connectivity index (χ2v) is 107. The van der Waals surface area contributed by atoms with Gasteiger partial charge in [0.05, 0.1) is 0 Å². The SMILES string of the molecule is C[SiH](C)O[Si](C)(C)[Si](=O)[Si](=O)[Si](=O)[Si](=O)[Si](=O)[Si](=O)[Si](=O)[Si](=O)[Si](=O)[Si](=O)[Si](=O)[Si](=O)[Si](=O)[Si](=O)[Si](=O)[Si](=O)[Si](=O)[Si](=O)[Si]=O. The van der Waals surface area contributed by atoms with Gasteiger partial charge in [-0.1, -0.05) is 0 Å². The molecular formula is C4H13O20Si21. The van der Waals surface area contributed by atoms with Gasteiger partial charge in [-0.05, 0) is 26.2 Å². The van der Waals surface area contributed by atoms with Gasteiger partial charge in [-0.25, -0.2) is 0 Å². The Balaban J connectivity index is 5.75. The molecule has 0 N–H and O–H groups in total. The van der Waals surface area contributed by atoms with Crippen molar-refractivity contribution in [2.24, 2.45) is 0 Å². The second-order valence-electron chi connectivity index (χ2n) is 8.70. The van der Waals surface area contributed by atoms with Crippen molar-refractivity contribution in [3.63, 3.8) is 0 Å². The number of hydrogen-bond donors (Lipinski definition) is 0. The molecule has 20 nitrogen and oxygen atoms in total. The van der Waals surface area contributed by atoms with Crippen molar-refractivity contribution < 1.29 is 88.9 Å². The van der Waals surface area contributed by atoms with E-state index in [1.165, 1.54) is 13.1 Å². The summed E-state index contributed by atoms with van der Waals surface area (Å²) in [5.74, 6) is 0. The third-order valence-corrected chi connectivity index (χ3v) is 157. The van der Waals surface area contributed by atoms with E-state index >= 15 is 0 Å². The maximum Gasteiger partial charge on any atom is 0.381 e. The summed E-state index contributed by atoms with van der Waals surface area (Å²) < 4.78 is 238. The molecule has 0 aliphatic heterocycles. The predicted molar refractivity (Wildman–Crippen MR) is 160 cm³/mol. The normalized spacial score (nSPS) is 10.4. The van der Waals surface area contributed by atoms with Gasteiger partial charge in [0, 0.05) is 0 Å². The Bertz CT molecular complexity index is 1650. The molecule has 0 atom stereocenters. The van der Waals surface area contributed by atoms with Crippen LogP contribution < -0.4 is 0 Å². The minimum Gasteiger partial charge on any atom is -0.456 e. The molecule has 0 bridgehead atoms. The zero-order valence-corrected chi connectivity index (χ0v) is 43.9. The van der Waals surface area contributed by atoms with Crippen molar-refractivity contribution >= 4 is 165 Å². The lowest BCUT2D eigenvalue weighted by Crippen LogP contribution is -2.58. The summed E-state index contributed by atoms with van der Waals surface area (Å²) in [6.45, 7) is 6.24. The van der Waals surface area contributed by atoms with Crippen LogP contribution in [0.2, 0.25) is 26.2 Å². The minimum absolute atomic E-state index is 1.41. The first kappa shape index (κ1) is 45.7. The summed E-state index contributed by atoms with van der Waals surface area (Å²) >= 11 is 0. The maximum atomic E-state index is 12.7. The van der Waals surface area contributed by atoms with E-state index in [1.54, 1.807) is 13.1 Å². The van der Waals surface area contributed by atoms with Gasteiger partial charge in [-0.2, -0.15) is 0 Å². The Labute approximate surface area is 277 Å². The summed E-state index contributed by atoms with van der Waals surface area (Å²) in [6, 6.07) is 0. The van der Waals surface area contributed by atoms with E-state index in [-0.39, 0.29) is 0 Å². The molecular weight excluding hydrogens is 958 g/mol. The van der Waals surface area contributed by atoms with Crippen LogP contribution in [0, 0.1) is 0 Å². The van der Waals surface area contributed by atoms with Gasteiger partial charge < -0.3 is 88.9 Å². The highest BCUT2D eigenvalue weighted by Crippen LogP contribution is 2.07. The molecule has 0 rings (SSSR count). The molecule has 41 heteroatoms. The van der Waals surface area contributed by atoms with Crippen molar-refractivity contribution in [3.05, 3.63) is 0 Å².